The molecule has 0 bridgehead atoms. The molecule has 124 valence electrons. The summed E-state index contributed by atoms with van der Waals surface area (Å²) in [5, 5.41) is 0.636. The number of halogens is 1. The number of nitrogens with one attached hydrogen (secondary N) is 2. The average Bonchev–Trinajstić information content (AvgIpc) is 2.96. The molecule has 3 rings (SSSR count). The van der Waals surface area contributed by atoms with E-state index in [1.54, 1.807) is 21.9 Å². The van der Waals surface area contributed by atoms with Crippen LogP contribution in [0, 0.1) is 0 Å². The first-order chi connectivity index (χ1) is 11.0. The summed E-state index contributed by atoms with van der Waals surface area (Å²) >= 11 is 5.90. The molecule has 2 fully saturated rings. The second kappa shape index (κ2) is 6.47. The van der Waals surface area contributed by atoms with Gasteiger partial charge in [-0.3, -0.25) is 15.0 Å². The highest BCUT2D eigenvalue weighted by molar-refractivity contribution is 6.30. The van der Waals surface area contributed by atoms with Gasteiger partial charge in [-0.1, -0.05) is 11.6 Å². The lowest BCUT2D eigenvalue weighted by molar-refractivity contribution is -0.140. The summed E-state index contributed by atoms with van der Waals surface area (Å²) in [5.41, 5.74) is 6.87. The Morgan fingerprint density at radius 2 is 1.91 bits per heavy atom. The molecular weight excluding hydrogens is 316 g/mol. The van der Waals surface area contributed by atoms with Crippen LogP contribution in [-0.2, 0) is 9.59 Å². The van der Waals surface area contributed by atoms with Crippen LogP contribution in [-0.4, -0.2) is 47.9 Å². The van der Waals surface area contributed by atoms with E-state index in [2.05, 4.69) is 10.9 Å². The number of nitrogens with zero attached hydrogens (tertiary/aromatic N) is 2. The highest BCUT2D eigenvalue weighted by atomic mass is 35.5. The van der Waals surface area contributed by atoms with Crippen molar-refractivity contribution in [3.05, 3.63) is 29.3 Å². The highest BCUT2D eigenvalue weighted by Gasteiger charge is 2.38. The van der Waals surface area contributed by atoms with E-state index in [1.165, 1.54) is 0 Å². The molecule has 0 saturated carbocycles. The maximum atomic E-state index is 12.6. The molecule has 1 aromatic rings. The Labute approximate surface area is 140 Å². The molecule has 0 spiro atoms. The minimum atomic E-state index is -0.262. The van der Waals surface area contributed by atoms with Crippen molar-refractivity contribution >= 4 is 29.1 Å². The molecule has 2 heterocycles. The van der Waals surface area contributed by atoms with Gasteiger partial charge in [0.25, 0.3) is 0 Å². The summed E-state index contributed by atoms with van der Waals surface area (Å²) in [4.78, 5) is 28.5. The Balaban J connectivity index is 1.70. The predicted octanol–water partition coefficient (Wildman–Crippen LogP) is 1.16. The van der Waals surface area contributed by atoms with Gasteiger partial charge in [0, 0.05) is 29.3 Å². The predicted molar refractivity (Wildman–Crippen MR) is 89.1 cm³/mol. The minimum absolute atomic E-state index is 0.0153. The molecule has 0 aliphatic carbocycles. The van der Waals surface area contributed by atoms with Gasteiger partial charge in [0.15, 0.2) is 0 Å². The molecule has 2 saturated heterocycles. The topological polar surface area (TPSA) is 64.7 Å². The van der Waals surface area contributed by atoms with Crippen LogP contribution in [0.15, 0.2) is 24.3 Å². The molecule has 23 heavy (non-hydrogen) atoms. The van der Waals surface area contributed by atoms with Crippen LogP contribution in [0.2, 0.25) is 5.02 Å². The number of hydrogen-bond acceptors (Lipinski definition) is 4. The molecule has 2 aliphatic rings. The first-order valence-corrected chi connectivity index (χ1v) is 8.21. The van der Waals surface area contributed by atoms with Crippen LogP contribution in [0.3, 0.4) is 0 Å². The molecule has 1 aromatic carbocycles. The number of anilines is 1. The number of carbonyl (C=O) groups excluding carboxylic acids is 2. The van der Waals surface area contributed by atoms with Crippen LogP contribution in [0.25, 0.3) is 0 Å². The van der Waals surface area contributed by atoms with Gasteiger partial charge in [-0.25, -0.2) is 5.43 Å². The monoisotopic (exact) mass is 336 g/mol. The zero-order valence-corrected chi connectivity index (χ0v) is 14.0. The quantitative estimate of drug-likeness (QED) is 0.850. The fraction of sp³-hybridized carbons (Fsp3) is 0.500. The van der Waals surface area contributed by atoms with Crippen LogP contribution >= 0.6 is 11.6 Å². The number of piperazine rings is 1. The van der Waals surface area contributed by atoms with E-state index in [9.17, 15) is 9.59 Å². The summed E-state index contributed by atoms with van der Waals surface area (Å²) in [6.07, 6.45) is 0.733. The van der Waals surface area contributed by atoms with Crippen molar-refractivity contribution in [3.63, 3.8) is 0 Å². The maximum absolute atomic E-state index is 12.6. The van der Waals surface area contributed by atoms with Crippen LogP contribution < -0.4 is 15.8 Å². The van der Waals surface area contributed by atoms with Crippen molar-refractivity contribution in [2.75, 3.05) is 18.0 Å². The molecule has 7 heteroatoms. The van der Waals surface area contributed by atoms with E-state index in [-0.39, 0.29) is 36.5 Å². The standard InChI is InChI=1S/C16H21ClN4O2/c1-10-7-14(19-18-10)16(23)20-9-15(22)21(8-11(20)2)13-5-3-12(17)4-6-13/h3-6,10-11,14,18-19H,7-9H2,1-2H3. The second-order valence-electron chi connectivity index (χ2n) is 6.27. The molecular formula is C16H21ClN4O2. The summed E-state index contributed by atoms with van der Waals surface area (Å²) < 4.78 is 0. The van der Waals surface area contributed by atoms with Crippen LogP contribution in [0.4, 0.5) is 5.69 Å². The van der Waals surface area contributed by atoms with Crippen molar-refractivity contribution in [1.82, 2.24) is 15.8 Å². The fourth-order valence-corrected chi connectivity index (χ4v) is 3.22. The zero-order chi connectivity index (χ0) is 16.6. The second-order valence-corrected chi connectivity index (χ2v) is 6.71. The van der Waals surface area contributed by atoms with Crippen molar-refractivity contribution in [2.45, 2.75) is 38.4 Å². The molecule has 3 atom stereocenters. The lowest BCUT2D eigenvalue weighted by Crippen LogP contribution is -2.60. The highest BCUT2D eigenvalue weighted by Crippen LogP contribution is 2.23. The van der Waals surface area contributed by atoms with E-state index >= 15 is 0 Å². The van der Waals surface area contributed by atoms with Crippen molar-refractivity contribution < 1.29 is 9.59 Å². The number of rotatable bonds is 2. The molecule has 0 radical (unpaired) electrons. The van der Waals surface area contributed by atoms with Crippen molar-refractivity contribution in [1.29, 1.82) is 0 Å². The van der Waals surface area contributed by atoms with Gasteiger partial charge < -0.3 is 9.80 Å². The Kier molecular flexibility index (Phi) is 4.57. The van der Waals surface area contributed by atoms with Gasteiger partial charge in [-0.05, 0) is 44.5 Å². The smallest absolute Gasteiger partial charge is 0.246 e. The van der Waals surface area contributed by atoms with Crippen LogP contribution in [0.5, 0.6) is 0 Å². The number of hydrogen-bond donors (Lipinski definition) is 2. The number of hydrazine groups is 1. The summed E-state index contributed by atoms with van der Waals surface area (Å²) in [7, 11) is 0. The summed E-state index contributed by atoms with van der Waals surface area (Å²) in [6, 6.07) is 7.15. The molecule has 3 unspecified atom stereocenters. The Hall–Kier alpha value is -1.63. The largest absolute Gasteiger partial charge is 0.327 e. The van der Waals surface area contributed by atoms with Crippen molar-refractivity contribution in [2.24, 2.45) is 0 Å². The van der Waals surface area contributed by atoms with E-state index in [0.717, 1.165) is 12.1 Å². The molecule has 6 nitrogen and oxygen atoms in total. The van der Waals surface area contributed by atoms with E-state index < -0.39 is 0 Å². The third-order valence-corrected chi connectivity index (χ3v) is 4.65. The summed E-state index contributed by atoms with van der Waals surface area (Å²) in [5.74, 6) is -0.0868. The summed E-state index contributed by atoms with van der Waals surface area (Å²) in [6.45, 7) is 4.59. The third kappa shape index (κ3) is 3.34. The minimum Gasteiger partial charge on any atom is -0.327 e. The number of amides is 2. The average molecular weight is 337 g/mol. The van der Waals surface area contributed by atoms with E-state index in [0.29, 0.717) is 11.6 Å². The van der Waals surface area contributed by atoms with Gasteiger partial charge in [0.05, 0.1) is 0 Å². The Bertz CT molecular complexity index is 607. The van der Waals surface area contributed by atoms with Gasteiger partial charge in [0.2, 0.25) is 11.8 Å². The number of carbonyl (C=O) groups is 2. The van der Waals surface area contributed by atoms with Gasteiger partial charge in [-0.15, -0.1) is 0 Å². The molecule has 2 N–H and O–H groups in total. The van der Waals surface area contributed by atoms with Gasteiger partial charge >= 0.3 is 0 Å². The normalized spacial score (nSPS) is 28.3. The fourth-order valence-electron chi connectivity index (χ4n) is 3.09. The molecule has 0 aromatic heterocycles. The third-order valence-electron chi connectivity index (χ3n) is 4.40. The maximum Gasteiger partial charge on any atom is 0.246 e. The van der Waals surface area contributed by atoms with Crippen molar-refractivity contribution in [3.8, 4) is 0 Å². The first-order valence-electron chi connectivity index (χ1n) is 7.83. The molecule has 2 amide bonds. The SMILES string of the molecule is CC1CC(C(=O)N2CC(=O)N(c3ccc(Cl)cc3)CC2C)NN1. The van der Waals surface area contributed by atoms with Crippen LogP contribution in [0.1, 0.15) is 20.3 Å². The lowest BCUT2D eigenvalue weighted by atomic mass is 10.1. The van der Waals surface area contributed by atoms with Gasteiger partial charge in [0.1, 0.15) is 12.6 Å². The van der Waals surface area contributed by atoms with E-state index in [1.807, 2.05) is 26.0 Å². The Morgan fingerprint density at radius 1 is 1.22 bits per heavy atom. The van der Waals surface area contributed by atoms with E-state index in [4.69, 9.17) is 11.6 Å². The molecule has 2 aliphatic heterocycles. The first kappa shape index (κ1) is 16.2. The number of benzene rings is 1. The zero-order valence-electron chi connectivity index (χ0n) is 13.3. The Morgan fingerprint density at radius 3 is 2.52 bits per heavy atom. The van der Waals surface area contributed by atoms with Gasteiger partial charge in [-0.2, -0.15) is 0 Å². The lowest BCUT2D eigenvalue weighted by Gasteiger charge is -2.40.